The zero-order valence-corrected chi connectivity index (χ0v) is 16.9. The first kappa shape index (κ1) is 19.4. The molecule has 1 N–H and O–H groups in total. The Morgan fingerprint density at radius 3 is 2.58 bits per heavy atom. The molecule has 0 bridgehead atoms. The Morgan fingerprint density at radius 2 is 1.77 bits per heavy atom. The number of fused-ring (bicyclic) bond motifs is 1. The second-order valence-electron chi connectivity index (χ2n) is 7.83. The monoisotopic (exact) mass is 418 g/mol. The Kier molecular flexibility index (Phi) is 4.73. The van der Waals surface area contributed by atoms with Crippen molar-refractivity contribution in [3.8, 4) is 11.1 Å². The van der Waals surface area contributed by atoms with Crippen molar-refractivity contribution in [2.24, 2.45) is 0 Å². The second-order valence-corrected chi connectivity index (χ2v) is 7.83. The molecule has 0 radical (unpaired) electrons. The lowest BCUT2D eigenvalue weighted by Gasteiger charge is -2.24. The van der Waals surface area contributed by atoms with E-state index >= 15 is 0 Å². The van der Waals surface area contributed by atoms with Gasteiger partial charge >= 0.3 is 0 Å². The summed E-state index contributed by atoms with van der Waals surface area (Å²) in [5.74, 6) is -0.704. The molecule has 1 aliphatic heterocycles. The van der Waals surface area contributed by atoms with Gasteiger partial charge in [-0.3, -0.25) is 9.78 Å². The molecule has 7 heteroatoms. The Bertz CT molecular complexity index is 1280. The van der Waals surface area contributed by atoms with Crippen LogP contribution >= 0.6 is 0 Å². The third-order valence-electron chi connectivity index (χ3n) is 5.65. The van der Waals surface area contributed by atoms with Crippen LogP contribution in [0.5, 0.6) is 0 Å². The molecule has 31 heavy (non-hydrogen) atoms. The number of hydrogen-bond donors (Lipinski definition) is 1. The molecule has 4 aromatic rings. The number of hydrogen-bond acceptors (Lipinski definition) is 3. The Morgan fingerprint density at radius 1 is 1.00 bits per heavy atom. The van der Waals surface area contributed by atoms with Gasteiger partial charge in [-0.1, -0.05) is 12.1 Å². The van der Waals surface area contributed by atoms with Gasteiger partial charge in [0.25, 0.3) is 5.91 Å². The van der Waals surface area contributed by atoms with Crippen LogP contribution < -0.4 is 0 Å². The minimum absolute atomic E-state index is 0.184. The first-order chi connectivity index (χ1) is 15.0. The summed E-state index contributed by atoms with van der Waals surface area (Å²) in [5.41, 5.74) is 4.49. The number of imidazole rings is 1. The summed E-state index contributed by atoms with van der Waals surface area (Å²) in [5, 5.41) is 0. The summed E-state index contributed by atoms with van der Waals surface area (Å²) in [6.45, 7) is 2.50. The number of likely N-dealkylation sites (tertiary alicyclic amines) is 1. The van der Waals surface area contributed by atoms with Gasteiger partial charge in [-0.2, -0.15) is 0 Å². The van der Waals surface area contributed by atoms with Crippen LogP contribution in [0.3, 0.4) is 0 Å². The maximum absolute atomic E-state index is 13.5. The number of benzene rings is 2. The van der Waals surface area contributed by atoms with Gasteiger partial charge in [-0.15, -0.1) is 0 Å². The normalized spacial score (nSPS) is 16.2. The zero-order valence-electron chi connectivity index (χ0n) is 16.9. The van der Waals surface area contributed by atoms with E-state index in [2.05, 4.69) is 9.97 Å². The molecule has 156 valence electrons. The lowest BCUT2D eigenvalue weighted by atomic mass is 10.0. The second kappa shape index (κ2) is 7.58. The fraction of sp³-hybridized carbons (Fsp3) is 0.208. The summed E-state index contributed by atoms with van der Waals surface area (Å²) in [7, 11) is 0. The number of H-pyrrole nitrogens is 1. The third kappa shape index (κ3) is 3.67. The number of aromatic nitrogens is 3. The number of pyridine rings is 1. The predicted octanol–water partition coefficient (Wildman–Crippen LogP) is 5.19. The highest BCUT2D eigenvalue weighted by atomic mass is 19.1. The molecule has 5 rings (SSSR count). The van der Waals surface area contributed by atoms with Crippen molar-refractivity contribution in [2.75, 3.05) is 6.54 Å². The van der Waals surface area contributed by atoms with Crippen LogP contribution in [0.2, 0.25) is 0 Å². The number of amides is 1. The molecule has 1 atom stereocenters. The van der Waals surface area contributed by atoms with E-state index in [0.717, 1.165) is 35.4 Å². The Hall–Kier alpha value is -3.61. The lowest BCUT2D eigenvalue weighted by molar-refractivity contribution is 0.0722. The summed E-state index contributed by atoms with van der Waals surface area (Å²) in [4.78, 5) is 27.0. The molecule has 2 aromatic heterocycles. The van der Waals surface area contributed by atoms with E-state index in [1.54, 1.807) is 23.1 Å². The predicted molar refractivity (Wildman–Crippen MR) is 113 cm³/mol. The van der Waals surface area contributed by atoms with E-state index in [4.69, 9.17) is 4.98 Å². The van der Waals surface area contributed by atoms with Crippen molar-refractivity contribution < 1.29 is 13.6 Å². The van der Waals surface area contributed by atoms with Gasteiger partial charge in [-0.25, -0.2) is 13.8 Å². The Labute approximate surface area is 177 Å². The molecule has 1 aliphatic rings. The van der Waals surface area contributed by atoms with Gasteiger partial charge < -0.3 is 9.88 Å². The average molecular weight is 418 g/mol. The third-order valence-corrected chi connectivity index (χ3v) is 5.65. The van der Waals surface area contributed by atoms with E-state index < -0.39 is 0 Å². The van der Waals surface area contributed by atoms with Gasteiger partial charge in [0, 0.05) is 12.2 Å². The van der Waals surface area contributed by atoms with Crippen LogP contribution in [0.25, 0.3) is 22.2 Å². The maximum atomic E-state index is 13.5. The van der Waals surface area contributed by atoms with E-state index in [-0.39, 0.29) is 29.4 Å². The molecule has 0 saturated carbocycles. The molecule has 3 heterocycles. The molecule has 2 aromatic carbocycles. The largest absolute Gasteiger partial charge is 0.334 e. The number of carbonyl (C=O) groups is 1. The molecule has 1 fully saturated rings. The topological polar surface area (TPSA) is 61.9 Å². The standard InChI is InChI=1S/C24H20F2N4O/c1-14-11-16(15-4-6-17(25)7-5-15)12-21(27-14)22-3-2-10-30(22)24(31)23-28-19-9-8-18(26)13-20(19)29-23/h4-9,11-13,22H,2-3,10H2,1H3,(H,28,29)/t22-/m0/s1. The van der Waals surface area contributed by atoms with E-state index in [1.807, 2.05) is 19.1 Å². The number of nitrogens with one attached hydrogen (secondary N) is 1. The van der Waals surface area contributed by atoms with Crippen molar-refractivity contribution in [1.82, 2.24) is 19.9 Å². The zero-order chi connectivity index (χ0) is 21.5. The molecule has 5 nitrogen and oxygen atoms in total. The van der Waals surface area contributed by atoms with Crippen molar-refractivity contribution in [2.45, 2.75) is 25.8 Å². The van der Waals surface area contributed by atoms with Crippen LogP contribution in [-0.2, 0) is 0 Å². The molecule has 0 aliphatic carbocycles. The number of rotatable bonds is 3. The highest BCUT2D eigenvalue weighted by Crippen LogP contribution is 2.34. The highest BCUT2D eigenvalue weighted by Gasteiger charge is 2.33. The maximum Gasteiger partial charge on any atom is 0.290 e. The number of halogens is 2. The molecular formula is C24H20F2N4O. The van der Waals surface area contributed by atoms with Crippen molar-refractivity contribution >= 4 is 16.9 Å². The van der Waals surface area contributed by atoms with Gasteiger partial charge in [0.15, 0.2) is 5.82 Å². The van der Waals surface area contributed by atoms with Crippen molar-refractivity contribution in [3.05, 3.63) is 83.4 Å². The fourth-order valence-electron chi connectivity index (χ4n) is 4.21. The number of carbonyl (C=O) groups excluding carboxylic acids is 1. The van der Waals surface area contributed by atoms with E-state index in [9.17, 15) is 13.6 Å². The van der Waals surface area contributed by atoms with Crippen molar-refractivity contribution in [3.63, 3.8) is 0 Å². The SMILES string of the molecule is Cc1cc(-c2ccc(F)cc2)cc([C@@H]2CCCN2C(=O)c2nc3ccc(F)cc3[nH]2)n1. The highest BCUT2D eigenvalue weighted by molar-refractivity contribution is 5.94. The molecular weight excluding hydrogens is 398 g/mol. The minimum atomic E-state index is -0.383. The first-order valence-corrected chi connectivity index (χ1v) is 10.2. The van der Waals surface area contributed by atoms with E-state index in [1.165, 1.54) is 24.3 Å². The van der Waals surface area contributed by atoms with Crippen LogP contribution in [0.4, 0.5) is 8.78 Å². The number of aromatic amines is 1. The van der Waals surface area contributed by atoms with Gasteiger partial charge in [-0.05, 0) is 73.4 Å². The Balaban J connectivity index is 1.48. The van der Waals surface area contributed by atoms with Crippen LogP contribution in [0, 0.1) is 18.6 Å². The van der Waals surface area contributed by atoms with E-state index in [0.29, 0.717) is 17.6 Å². The molecule has 1 saturated heterocycles. The average Bonchev–Trinajstić information content (AvgIpc) is 3.40. The molecule has 0 spiro atoms. The molecule has 1 amide bonds. The number of nitrogens with zero attached hydrogens (tertiary/aromatic N) is 3. The quantitative estimate of drug-likeness (QED) is 0.498. The first-order valence-electron chi connectivity index (χ1n) is 10.2. The van der Waals surface area contributed by atoms with Crippen molar-refractivity contribution in [1.29, 1.82) is 0 Å². The number of aryl methyl sites for hydroxylation is 1. The summed E-state index contributed by atoms with van der Waals surface area (Å²) in [6, 6.07) is 14.3. The van der Waals surface area contributed by atoms with Crippen LogP contribution in [0.15, 0.2) is 54.6 Å². The summed E-state index contributed by atoms with van der Waals surface area (Å²) >= 11 is 0. The van der Waals surface area contributed by atoms with Crippen LogP contribution in [-0.4, -0.2) is 32.3 Å². The minimum Gasteiger partial charge on any atom is -0.334 e. The summed E-state index contributed by atoms with van der Waals surface area (Å²) in [6.07, 6.45) is 1.65. The van der Waals surface area contributed by atoms with Crippen LogP contribution in [0.1, 0.15) is 40.9 Å². The fourth-order valence-corrected chi connectivity index (χ4v) is 4.21. The van der Waals surface area contributed by atoms with Gasteiger partial charge in [0.1, 0.15) is 11.6 Å². The summed E-state index contributed by atoms with van der Waals surface area (Å²) < 4.78 is 26.8. The van der Waals surface area contributed by atoms with Gasteiger partial charge in [0.05, 0.1) is 22.8 Å². The van der Waals surface area contributed by atoms with Gasteiger partial charge in [0.2, 0.25) is 0 Å². The molecule has 0 unspecified atom stereocenters. The lowest BCUT2D eigenvalue weighted by Crippen LogP contribution is -2.31. The smallest absolute Gasteiger partial charge is 0.290 e.